The van der Waals surface area contributed by atoms with Crippen LogP contribution in [-0.2, 0) is 0 Å². The van der Waals surface area contributed by atoms with E-state index >= 15 is 0 Å². The van der Waals surface area contributed by atoms with Crippen molar-refractivity contribution in [2.24, 2.45) is 5.73 Å². The van der Waals surface area contributed by atoms with Gasteiger partial charge in [0.2, 0.25) is 0 Å². The van der Waals surface area contributed by atoms with Gasteiger partial charge >= 0.3 is 0 Å². The molecule has 2 N–H and O–H groups in total. The Hall–Kier alpha value is 0.310. The molecule has 0 saturated carbocycles. The second kappa shape index (κ2) is 7.69. The van der Waals surface area contributed by atoms with Crippen LogP contribution in [0.5, 0.6) is 0 Å². The molecule has 0 fully saturated rings. The zero-order chi connectivity index (χ0) is 10.2. The van der Waals surface area contributed by atoms with Crippen molar-refractivity contribution < 1.29 is 0 Å². The molecule has 80 valence electrons. The molecule has 0 radical (unpaired) electrons. The van der Waals surface area contributed by atoms with Gasteiger partial charge in [0.1, 0.15) is 0 Å². The third-order valence-electron chi connectivity index (χ3n) is 1.97. The highest BCUT2D eigenvalue weighted by Crippen LogP contribution is 2.19. The standard InChI is InChI=1S/C11H25NS/c1-4-5-6-7-8-9-10-13-11(2,3)12/h4-10,12H2,1-3H3. The summed E-state index contributed by atoms with van der Waals surface area (Å²) in [7, 11) is 0. The van der Waals surface area contributed by atoms with Gasteiger partial charge in [0.25, 0.3) is 0 Å². The summed E-state index contributed by atoms with van der Waals surface area (Å²) in [5.74, 6) is 1.22. The fraction of sp³-hybridized carbons (Fsp3) is 1.00. The largest absolute Gasteiger partial charge is 0.317 e. The Kier molecular flexibility index (Phi) is 7.87. The van der Waals surface area contributed by atoms with Crippen LogP contribution in [0.4, 0.5) is 0 Å². The monoisotopic (exact) mass is 203 g/mol. The van der Waals surface area contributed by atoms with Crippen LogP contribution >= 0.6 is 11.8 Å². The molecule has 13 heavy (non-hydrogen) atoms. The first kappa shape index (κ1) is 13.3. The molecule has 0 spiro atoms. The van der Waals surface area contributed by atoms with Crippen molar-refractivity contribution in [1.82, 2.24) is 0 Å². The van der Waals surface area contributed by atoms with E-state index in [-0.39, 0.29) is 4.87 Å². The lowest BCUT2D eigenvalue weighted by Crippen LogP contribution is -2.27. The molecule has 0 amide bonds. The lowest BCUT2D eigenvalue weighted by atomic mass is 10.1. The summed E-state index contributed by atoms with van der Waals surface area (Å²) in [4.78, 5) is -0.0383. The Bertz CT molecular complexity index is 107. The zero-order valence-electron chi connectivity index (χ0n) is 9.44. The van der Waals surface area contributed by atoms with Gasteiger partial charge in [-0.1, -0.05) is 39.0 Å². The van der Waals surface area contributed by atoms with Crippen LogP contribution in [0.3, 0.4) is 0 Å². The molecule has 0 aromatic carbocycles. The summed E-state index contributed by atoms with van der Waals surface area (Å²) >= 11 is 1.88. The summed E-state index contributed by atoms with van der Waals surface area (Å²) in [6.07, 6.45) is 8.25. The number of rotatable bonds is 8. The first-order valence-electron chi connectivity index (χ1n) is 5.49. The predicted molar refractivity (Wildman–Crippen MR) is 64.1 cm³/mol. The van der Waals surface area contributed by atoms with Crippen molar-refractivity contribution in [3.8, 4) is 0 Å². The SMILES string of the molecule is CCCCCCCCSC(C)(C)N. The predicted octanol–water partition coefficient (Wildman–Crippen LogP) is 3.77. The topological polar surface area (TPSA) is 26.0 Å². The molecule has 0 aromatic heterocycles. The normalized spacial score (nSPS) is 12.0. The van der Waals surface area contributed by atoms with E-state index in [1.54, 1.807) is 0 Å². The summed E-state index contributed by atoms with van der Waals surface area (Å²) in [5.41, 5.74) is 5.86. The van der Waals surface area contributed by atoms with Crippen LogP contribution in [0.25, 0.3) is 0 Å². The van der Waals surface area contributed by atoms with E-state index in [0.29, 0.717) is 0 Å². The summed E-state index contributed by atoms with van der Waals surface area (Å²) in [6.45, 7) is 6.41. The molecule has 0 aliphatic rings. The van der Waals surface area contributed by atoms with Crippen LogP contribution in [0, 0.1) is 0 Å². The second-order valence-electron chi connectivity index (χ2n) is 4.22. The van der Waals surface area contributed by atoms with Crippen molar-refractivity contribution >= 4 is 11.8 Å². The molecule has 0 aliphatic carbocycles. The van der Waals surface area contributed by atoms with Gasteiger partial charge in [-0.2, -0.15) is 0 Å². The molecule has 0 bridgehead atoms. The number of unbranched alkanes of at least 4 members (excludes halogenated alkanes) is 5. The van der Waals surface area contributed by atoms with Crippen LogP contribution < -0.4 is 5.73 Å². The minimum absolute atomic E-state index is 0.0383. The first-order valence-corrected chi connectivity index (χ1v) is 6.47. The average molecular weight is 203 g/mol. The van der Waals surface area contributed by atoms with E-state index in [2.05, 4.69) is 20.8 Å². The minimum Gasteiger partial charge on any atom is -0.317 e. The van der Waals surface area contributed by atoms with Gasteiger partial charge in [-0.25, -0.2) is 0 Å². The molecule has 0 heterocycles. The van der Waals surface area contributed by atoms with Gasteiger partial charge in [0.05, 0.1) is 4.87 Å². The maximum atomic E-state index is 5.86. The Balaban J connectivity index is 3.00. The van der Waals surface area contributed by atoms with E-state index in [4.69, 9.17) is 5.73 Å². The van der Waals surface area contributed by atoms with E-state index < -0.39 is 0 Å². The number of thioether (sulfide) groups is 1. The quantitative estimate of drug-likeness (QED) is 0.480. The molecule has 2 heteroatoms. The minimum atomic E-state index is -0.0383. The molecular weight excluding hydrogens is 178 g/mol. The average Bonchev–Trinajstić information content (AvgIpc) is 2.01. The highest BCUT2D eigenvalue weighted by atomic mass is 32.2. The fourth-order valence-corrected chi connectivity index (χ4v) is 2.09. The van der Waals surface area contributed by atoms with Crippen molar-refractivity contribution in [2.45, 2.75) is 64.2 Å². The fourth-order valence-electron chi connectivity index (χ4n) is 1.22. The molecule has 0 saturated heterocycles. The van der Waals surface area contributed by atoms with Crippen LogP contribution in [0.15, 0.2) is 0 Å². The van der Waals surface area contributed by atoms with Crippen molar-refractivity contribution in [3.05, 3.63) is 0 Å². The third kappa shape index (κ3) is 12.3. The Morgan fingerprint density at radius 2 is 1.54 bits per heavy atom. The Morgan fingerprint density at radius 3 is 2.08 bits per heavy atom. The molecular formula is C11H25NS. The van der Waals surface area contributed by atoms with Crippen LogP contribution in [-0.4, -0.2) is 10.6 Å². The van der Waals surface area contributed by atoms with E-state index in [1.165, 1.54) is 44.3 Å². The summed E-state index contributed by atoms with van der Waals surface area (Å²) in [5, 5.41) is 0. The molecule has 0 aliphatic heterocycles. The van der Waals surface area contributed by atoms with E-state index in [1.807, 2.05) is 11.8 Å². The summed E-state index contributed by atoms with van der Waals surface area (Å²) < 4.78 is 0. The van der Waals surface area contributed by atoms with Crippen LogP contribution in [0.2, 0.25) is 0 Å². The number of hydrogen-bond donors (Lipinski definition) is 1. The maximum Gasteiger partial charge on any atom is 0.0563 e. The highest BCUT2D eigenvalue weighted by Gasteiger charge is 2.09. The highest BCUT2D eigenvalue weighted by molar-refractivity contribution is 8.00. The lowest BCUT2D eigenvalue weighted by molar-refractivity contribution is 0.625. The summed E-state index contributed by atoms with van der Waals surface area (Å²) in [6, 6.07) is 0. The number of nitrogens with two attached hydrogens (primary N) is 1. The van der Waals surface area contributed by atoms with E-state index in [0.717, 1.165) is 0 Å². The molecule has 0 aromatic rings. The Labute approximate surface area is 87.9 Å². The van der Waals surface area contributed by atoms with E-state index in [9.17, 15) is 0 Å². The van der Waals surface area contributed by atoms with Gasteiger partial charge in [-0.15, -0.1) is 11.8 Å². The van der Waals surface area contributed by atoms with Gasteiger partial charge < -0.3 is 5.73 Å². The smallest absolute Gasteiger partial charge is 0.0563 e. The van der Waals surface area contributed by atoms with Crippen LogP contribution in [0.1, 0.15) is 59.3 Å². The molecule has 1 nitrogen and oxygen atoms in total. The van der Waals surface area contributed by atoms with Gasteiger partial charge in [-0.3, -0.25) is 0 Å². The third-order valence-corrected chi connectivity index (χ3v) is 3.21. The van der Waals surface area contributed by atoms with Crippen molar-refractivity contribution in [2.75, 3.05) is 5.75 Å². The number of hydrogen-bond acceptors (Lipinski definition) is 2. The zero-order valence-corrected chi connectivity index (χ0v) is 10.3. The van der Waals surface area contributed by atoms with Crippen molar-refractivity contribution in [1.29, 1.82) is 0 Å². The van der Waals surface area contributed by atoms with Gasteiger partial charge in [-0.05, 0) is 26.0 Å². The van der Waals surface area contributed by atoms with Gasteiger partial charge in [0, 0.05) is 0 Å². The van der Waals surface area contributed by atoms with Crippen molar-refractivity contribution in [3.63, 3.8) is 0 Å². The lowest BCUT2D eigenvalue weighted by Gasteiger charge is -2.17. The molecule has 0 rings (SSSR count). The first-order chi connectivity index (χ1) is 6.06. The second-order valence-corrected chi connectivity index (χ2v) is 5.97. The molecule has 0 unspecified atom stereocenters. The Morgan fingerprint density at radius 1 is 1.00 bits per heavy atom. The van der Waals surface area contributed by atoms with Gasteiger partial charge in [0.15, 0.2) is 0 Å². The maximum absolute atomic E-state index is 5.86. The molecule has 0 atom stereocenters.